The van der Waals surface area contributed by atoms with Crippen molar-refractivity contribution in [2.24, 2.45) is 11.7 Å². The van der Waals surface area contributed by atoms with E-state index in [-0.39, 0.29) is 18.0 Å². The second-order valence-corrected chi connectivity index (χ2v) is 9.71. The second-order valence-electron chi connectivity index (χ2n) is 8.68. The summed E-state index contributed by atoms with van der Waals surface area (Å²) in [4.78, 5) is 20.8. The molecule has 0 unspecified atom stereocenters. The van der Waals surface area contributed by atoms with Gasteiger partial charge in [-0.25, -0.2) is 4.98 Å². The molecular formula is C22H24F3N3OS. The number of halogens is 3. The molecule has 3 atom stereocenters. The third kappa shape index (κ3) is 3.43. The maximum atomic E-state index is 13.7. The van der Waals surface area contributed by atoms with Crippen molar-refractivity contribution in [3.8, 4) is 10.4 Å². The van der Waals surface area contributed by atoms with Crippen LogP contribution in [0.5, 0.6) is 0 Å². The lowest BCUT2D eigenvalue weighted by molar-refractivity contribution is -0.137. The van der Waals surface area contributed by atoms with Crippen molar-refractivity contribution < 1.29 is 18.0 Å². The SMILES string of the molecule is NC[C@@H]1C[C@@H]2CCC[C@@H]2N1C(=O)c1nc(C2CC2)sc1-c1cccc(C(F)(F)F)c1. The van der Waals surface area contributed by atoms with Crippen LogP contribution in [0.2, 0.25) is 0 Å². The third-order valence-electron chi connectivity index (χ3n) is 6.68. The van der Waals surface area contributed by atoms with Gasteiger partial charge in [-0.2, -0.15) is 13.2 Å². The van der Waals surface area contributed by atoms with Gasteiger partial charge in [-0.15, -0.1) is 11.3 Å². The lowest BCUT2D eigenvalue weighted by atomic mass is 10.0. The number of hydrogen-bond acceptors (Lipinski definition) is 4. The first kappa shape index (κ1) is 20.0. The number of hydrogen-bond donors (Lipinski definition) is 1. The summed E-state index contributed by atoms with van der Waals surface area (Å²) in [6.07, 6.45) is 1.68. The highest BCUT2D eigenvalue weighted by atomic mass is 32.1. The van der Waals surface area contributed by atoms with E-state index in [9.17, 15) is 18.0 Å². The molecule has 2 aromatic rings. The monoisotopic (exact) mass is 435 g/mol. The fourth-order valence-electron chi connectivity index (χ4n) is 5.06. The Morgan fingerprint density at radius 3 is 2.73 bits per heavy atom. The van der Waals surface area contributed by atoms with Crippen molar-refractivity contribution >= 4 is 17.2 Å². The largest absolute Gasteiger partial charge is 0.416 e. The molecule has 3 aliphatic rings. The maximum absolute atomic E-state index is 13.7. The first-order valence-corrected chi connectivity index (χ1v) is 11.4. The van der Waals surface area contributed by atoms with Crippen LogP contribution < -0.4 is 5.73 Å². The van der Waals surface area contributed by atoms with E-state index in [0.29, 0.717) is 34.5 Å². The van der Waals surface area contributed by atoms with Crippen LogP contribution in [0.4, 0.5) is 13.2 Å². The number of benzene rings is 1. The second kappa shape index (κ2) is 7.34. The molecule has 2 N–H and O–H groups in total. The normalized spacial score (nSPS) is 26.3. The Bertz CT molecular complexity index is 969. The number of rotatable bonds is 4. The summed E-state index contributed by atoms with van der Waals surface area (Å²) in [7, 11) is 0. The number of amides is 1. The van der Waals surface area contributed by atoms with Crippen LogP contribution in [0.1, 0.15) is 65.5 Å². The lowest BCUT2D eigenvalue weighted by Gasteiger charge is -2.29. The molecule has 0 bridgehead atoms. The first-order chi connectivity index (χ1) is 14.4. The minimum Gasteiger partial charge on any atom is -0.330 e. The number of alkyl halides is 3. The molecule has 4 nitrogen and oxygen atoms in total. The van der Waals surface area contributed by atoms with E-state index in [0.717, 1.165) is 55.7 Å². The molecule has 0 radical (unpaired) electrons. The van der Waals surface area contributed by atoms with Gasteiger partial charge in [-0.05, 0) is 55.7 Å². The molecule has 2 aliphatic carbocycles. The summed E-state index contributed by atoms with van der Waals surface area (Å²) in [5, 5.41) is 0.859. The van der Waals surface area contributed by atoms with Crippen LogP contribution in [-0.2, 0) is 6.18 Å². The quantitative estimate of drug-likeness (QED) is 0.731. The Labute approximate surface area is 177 Å². The van der Waals surface area contributed by atoms with E-state index in [1.54, 1.807) is 6.07 Å². The minimum atomic E-state index is -4.43. The topological polar surface area (TPSA) is 59.2 Å². The zero-order valence-corrected chi connectivity index (χ0v) is 17.3. The van der Waals surface area contributed by atoms with Gasteiger partial charge in [0.2, 0.25) is 0 Å². The van der Waals surface area contributed by atoms with Crippen molar-refractivity contribution in [3.63, 3.8) is 0 Å². The number of carbonyl (C=O) groups is 1. The molecule has 0 spiro atoms. The molecule has 2 saturated carbocycles. The zero-order valence-electron chi connectivity index (χ0n) is 16.5. The smallest absolute Gasteiger partial charge is 0.330 e. The Hall–Kier alpha value is -1.93. The number of nitrogens with zero attached hydrogens (tertiary/aromatic N) is 2. The van der Waals surface area contributed by atoms with Gasteiger partial charge in [-0.1, -0.05) is 18.6 Å². The Kier molecular flexibility index (Phi) is 4.89. The Morgan fingerprint density at radius 1 is 1.23 bits per heavy atom. The maximum Gasteiger partial charge on any atom is 0.416 e. The number of carbonyl (C=O) groups excluding carboxylic acids is 1. The highest BCUT2D eigenvalue weighted by Gasteiger charge is 2.46. The van der Waals surface area contributed by atoms with Crippen molar-refractivity contribution in [2.45, 2.75) is 62.7 Å². The summed E-state index contributed by atoms with van der Waals surface area (Å²) >= 11 is 1.37. The van der Waals surface area contributed by atoms with Crippen LogP contribution in [0.15, 0.2) is 24.3 Å². The molecule has 1 saturated heterocycles. The molecule has 2 heterocycles. The molecule has 30 heavy (non-hydrogen) atoms. The minimum absolute atomic E-state index is 0.0202. The molecule has 160 valence electrons. The molecule has 5 rings (SSSR count). The summed E-state index contributed by atoms with van der Waals surface area (Å²) in [5.41, 5.74) is 5.98. The standard InChI is InChI=1S/C22H24F3N3OS/c23-22(24,25)15-5-1-4-14(9-15)19-18(27-20(30-19)12-7-8-12)21(29)28-16(11-26)10-13-3-2-6-17(13)28/h1,4-5,9,12-13,16-17H,2-3,6-8,10-11,26H2/t13-,16-,17-/m0/s1. The lowest BCUT2D eigenvalue weighted by Crippen LogP contribution is -2.44. The third-order valence-corrected chi connectivity index (χ3v) is 7.94. The van der Waals surface area contributed by atoms with Gasteiger partial charge in [0.05, 0.1) is 15.4 Å². The number of thiazole rings is 1. The van der Waals surface area contributed by atoms with Crippen LogP contribution >= 0.6 is 11.3 Å². The summed E-state index contributed by atoms with van der Waals surface area (Å²) < 4.78 is 39.8. The van der Waals surface area contributed by atoms with E-state index >= 15 is 0 Å². The van der Waals surface area contributed by atoms with Crippen molar-refractivity contribution in [3.05, 3.63) is 40.5 Å². The van der Waals surface area contributed by atoms with Gasteiger partial charge in [0.1, 0.15) is 5.69 Å². The first-order valence-electron chi connectivity index (χ1n) is 10.6. The molecule has 1 aromatic carbocycles. The molecule has 1 aliphatic heterocycles. The average Bonchev–Trinajstić information content (AvgIpc) is 3.16. The van der Waals surface area contributed by atoms with Crippen molar-refractivity contribution in [1.29, 1.82) is 0 Å². The number of nitrogens with two attached hydrogens (primary N) is 1. The fraction of sp³-hybridized carbons (Fsp3) is 0.545. The number of likely N-dealkylation sites (tertiary alicyclic amines) is 1. The van der Waals surface area contributed by atoms with E-state index in [1.807, 2.05) is 4.90 Å². The zero-order chi connectivity index (χ0) is 21.0. The van der Waals surface area contributed by atoms with Crippen molar-refractivity contribution in [1.82, 2.24) is 9.88 Å². The van der Waals surface area contributed by atoms with Crippen LogP contribution in [0.25, 0.3) is 10.4 Å². The van der Waals surface area contributed by atoms with Gasteiger partial charge in [-0.3, -0.25) is 4.79 Å². The van der Waals surface area contributed by atoms with Crippen LogP contribution in [0.3, 0.4) is 0 Å². The molecule has 3 fully saturated rings. The number of fused-ring (bicyclic) bond motifs is 1. The van der Waals surface area contributed by atoms with Crippen LogP contribution in [0, 0.1) is 5.92 Å². The summed E-state index contributed by atoms with van der Waals surface area (Å²) in [6.45, 7) is 0.400. The van der Waals surface area contributed by atoms with Gasteiger partial charge >= 0.3 is 6.18 Å². The molecular weight excluding hydrogens is 411 g/mol. The van der Waals surface area contributed by atoms with E-state index in [1.165, 1.54) is 17.4 Å². The fourth-order valence-corrected chi connectivity index (χ4v) is 6.28. The van der Waals surface area contributed by atoms with E-state index < -0.39 is 11.7 Å². The highest BCUT2D eigenvalue weighted by Crippen LogP contribution is 2.47. The predicted molar refractivity (Wildman–Crippen MR) is 109 cm³/mol. The molecule has 8 heteroatoms. The highest BCUT2D eigenvalue weighted by molar-refractivity contribution is 7.15. The summed E-state index contributed by atoms with van der Waals surface area (Å²) in [5.74, 6) is 0.626. The Morgan fingerprint density at radius 2 is 2.03 bits per heavy atom. The van der Waals surface area contributed by atoms with Crippen molar-refractivity contribution in [2.75, 3.05) is 6.54 Å². The molecule has 1 aromatic heterocycles. The van der Waals surface area contributed by atoms with Gasteiger partial charge in [0, 0.05) is 24.5 Å². The van der Waals surface area contributed by atoms with E-state index in [2.05, 4.69) is 4.98 Å². The average molecular weight is 436 g/mol. The summed E-state index contributed by atoms with van der Waals surface area (Å²) in [6, 6.07) is 5.37. The predicted octanol–water partition coefficient (Wildman–Crippen LogP) is 5.05. The van der Waals surface area contributed by atoms with E-state index in [4.69, 9.17) is 5.73 Å². The van der Waals surface area contributed by atoms with Gasteiger partial charge in [0.15, 0.2) is 0 Å². The van der Waals surface area contributed by atoms with Gasteiger partial charge < -0.3 is 10.6 Å². The molecule has 1 amide bonds. The Balaban J connectivity index is 1.56. The number of aromatic nitrogens is 1. The van der Waals surface area contributed by atoms with Crippen LogP contribution in [-0.4, -0.2) is 34.4 Å². The van der Waals surface area contributed by atoms with Gasteiger partial charge in [0.25, 0.3) is 5.91 Å².